The van der Waals surface area contributed by atoms with Crippen molar-refractivity contribution in [2.75, 3.05) is 6.61 Å². The molecule has 2 rings (SSSR count). The third kappa shape index (κ3) is 3.71. The molecule has 1 aromatic carbocycles. The van der Waals surface area contributed by atoms with Gasteiger partial charge in [-0.1, -0.05) is 30.9 Å². The number of H-pyrrole nitrogens is 1. The second-order valence-electron chi connectivity index (χ2n) is 4.56. The van der Waals surface area contributed by atoms with E-state index in [0.717, 1.165) is 11.1 Å². The van der Waals surface area contributed by atoms with Crippen molar-refractivity contribution in [2.24, 2.45) is 0 Å². The fraction of sp³-hybridized carbons (Fsp3) is 0.250. The van der Waals surface area contributed by atoms with E-state index in [4.69, 9.17) is 5.11 Å². The quantitative estimate of drug-likeness (QED) is 0.806. The number of aliphatic hydroxyl groups excluding tert-OH is 1. The summed E-state index contributed by atoms with van der Waals surface area (Å²) in [6, 6.07) is 7.41. The lowest BCUT2D eigenvalue weighted by atomic mass is 10.1. The number of aromatic nitrogens is 2. The molecule has 0 saturated carbocycles. The van der Waals surface area contributed by atoms with Crippen LogP contribution >= 0.6 is 0 Å². The first-order chi connectivity index (χ1) is 10.1. The van der Waals surface area contributed by atoms with Crippen LogP contribution < -0.4 is 11.2 Å². The molecule has 0 atom stereocenters. The molecule has 0 bridgehead atoms. The van der Waals surface area contributed by atoms with E-state index in [1.165, 1.54) is 4.57 Å². The maximum atomic E-state index is 11.8. The van der Waals surface area contributed by atoms with Gasteiger partial charge in [0.1, 0.15) is 6.61 Å². The largest absolute Gasteiger partial charge is 0.384 e. The van der Waals surface area contributed by atoms with Gasteiger partial charge in [-0.25, -0.2) is 4.79 Å². The molecule has 0 saturated heterocycles. The maximum absolute atomic E-state index is 11.8. The highest BCUT2D eigenvalue weighted by Gasteiger charge is 2.04. The van der Waals surface area contributed by atoms with Crippen molar-refractivity contribution in [1.29, 1.82) is 0 Å². The van der Waals surface area contributed by atoms with Crippen LogP contribution in [0.25, 0.3) is 0 Å². The van der Waals surface area contributed by atoms with E-state index in [9.17, 15) is 9.59 Å². The third-order valence-electron chi connectivity index (χ3n) is 3.06. The highest BCUT2D eigenvalue weighted by atomic mass is 16.2. The van der Waals surface area contributed by atoms with Crippen molar-refractivity contribution in [3.63, 3.8) is 0 Å². The molecule has 21 heavy (non-hydrogen) atoms. The minimum atomic E-state index is -0.427. The summed E-state index contributed by atoms with van der Waals surface area (Å²) in [5.74, 6) is 5.40. The predicted octanol–water partition coefficient (Wildman–Crippen LogP) is 0.491. The minimum absolute atomic E-state index is 0.191. The average molecular weight is 284 g/mol. The summed E-state index contributed by atoms with van der Waals surface area (Å²) in [6.07, 6.45) is 2.16. The SMILES string of the molecule is CCc1cn(Cc2cccc(C#CCO)c2)c(=O)[nH]c1=O. The monoisotopic (exact) mass is 284 g/mol. The first-order valence-electron chi connectivity index (χ1n) is 6.65. The maximum Gasteiger partial charge on any atom is 0.328 e. The van der Waals surface area contributed by atoms with Gasteiger partial charge in [0.15, 0.2) is 0 Å². The Labute approximate surface area is 121 Å². The predicted molar refractivity (Wildman–Crippen MR) is 80.2 cm³/mol. The van der Waals surface area contributed by atoms with Crippen LogP contribution in [0.2, 0.25) is 0 Å². The Morgan fingerprint density at radius 1 is 1.33 bits per heavy atom. The Morgan fingerprint density at radius 2 is 2.14 bits per heavy atom. The van der Waals surface area contributed by atoms with Gasteiger partial charge in [0, 0.05) is 17.3 Å². The number of benzene rings is 1. The van der Waals surface area contributed by atoms with Gasteiger partial charge in [-0.2, -0.15) is 0 Å². The van der Waals surface area contributed by atoms with Crippen LogP contribution in [0.3, 0.4) is 0 Å². The number of hydrogen-bond acceptors (Lipinski definition) is 3. The van der Waals surface area contributed by atoms with Crippen LogP contribution in [0.1, 0.15) is 23.6 Å². The van der Waals surface area contributed by atoms with Crippen LogP contribution in [0.15, 0.2) is 40.1 Å². The topological polar surface area (TPSA) is 75.1 Å². The average Bonchev–Trinajstić information content (AvgIpc) is 2.48. The molecule has 0 aliphatic carbocycles. The van der Waals surface area contributed by atoms with Crippen LogP contribution in [-0.4, -0.2) is 21.3 Å². The Balaban J connectivity index is 2.34. The number of nitrogens with zero attached hydrogens (tertiary/aromatic N) is 1. The van der Waals surface area contributed by atoms with E-state index in [1.807, 2.05) is 31.2 Å². The lowest BCUT2D eigenvalue weighted by Gasteiger charge is -2.07. The normalized spacial score (nSPS) is 10.0. The van der Waals surface area contributed by atoms with Crippen molar-refractivity contribution in [3.05, 3.63) is 68.0 Å². The van der Waals surface area contributed by atoms with E-state index in [1.54, 1.807) is 6.20 Å². The molecule has 0 aliphatic heterocycles. The molecular formula is C16H16N2O3. The van der Waals surface area contributed by atoms with Gasteiger partial charge in [0.05, 0.1) is 6.54 Å². The molecule has 0 spiro atoms. The lowest BCUT2D eigenvalue weighted by molar-refractivity contribution is 0.350. The molecule has 0 amide bonds. The molecule has 0 radical (unpaired) electrons. The molecule has 108 valence electrons. The number of nitrogens with one attached hydrogen (secondary N) is 1. The molecule has 0 aliphatic rings. The first-order valence-corrected chi connectivity index (χ1v) is 6.65. The van der Waals surface area contributed by atoms with Gasteiger partial charge in [-0.3, -0.25) is 14.3 Å². The Kier molecular flexibility index (Phi) is 4.75. The molecular weight excluding hydrogens is 268 g/mol. The van der Waals surface area contributed by atoms with Gasteiger partial charge in [-0.15, -0.1) is 0 Å². The number of hydrogen-bond donors (Lipinski definition) is 2. The molecule has 5 nitrogen and oxygen atoms in total. The Hall–Kier alpha value is -2.58. The zero-order valence-corrected chi connectivity index (χ0v) is 11.7. The Morgan fingerprint density at radius 3 is 2.86 bits per heavy atom. The molecule has 1 aromatic heterocycles. The summed E-state index contributed by atoms with van der Waals surface area (Å²) < 4.78 is 1.47. The first kappa shape index (κ1) is 14.8. The minimum Gasteiger partial charge on any atom is -0.384 e. The number of aryl methyl sites for hydroxylation is 1. The highest BCUT2D eigenvalue weighted by molar-refractivity contribution is 5.37. The van der Waals surface area contributed by atoms with Crippen LogP contribution in [0, 0.1) is 11.8 Å². The van der Waals surface area contributed by atoms with E-state index < -0.39 is 5.69 Å². The fourth-order valence-corrected chi connectivity index (χ4v) is 2.01. The lowest BCUT2D eigenvalue weighted by Crippen LogP contribution is -2.31. The molecule has 1 heterocycles. The molecule has 2 N–H and O–H groups in total. The third-order valence-corrected chi connectivity index (χ3v) is 3.06. The van der Waals surface area contributed by atoms with Crippen LogP contribution in [0.4, 0.5) is 0 Å². The fourth-order valence-electron chi connectivity index (χ4n) is 2.01. The summed E-state index contributed by atoms with van der Waals surface area (Å²) in [6.45, 7) is 2.03. The zero-order chi connectivity index (χ0) is 15.2. The summed E-state index contributed by atoms with van der Waals surface area (Å²) >= 11 is 0. The molecule has 0 fully saturated rings. The Bertz CT molecular complexity index is 806. The summed E-state index contributed by atoms with van der Waals surface area (Å²) in [4.78, 5) is 25.7. The van der Waals surface area contributed by atoms with Gasteiger partial charge in [0.25, 0.3) is 5.56 Å². The second-order valence-corrected chi connectivity index (χ2v) is 4.56. The highest BCUT2D eigenvalue weighted by Crippen LogP contribution is 2.05. The smallest absolute Gasteiger partial charge is 0.328 e. The zero-order valence-electron chi connectivity index (χ0n) is 11.7. The van der Waals surface area contributed by atoms with E-state index in [0.29, 0.717) is 18.5 Å². The summed E-state index contributed by atoms with van der Waals surface area (Å²) in [5, 5.41) is 8.70. The van der Waals surface area contributed by atoms with Crippen LogP contribution in [-0.2, 0) is 13.0 Å². The van der Waals surface area contributed by atoms with Crippen molar-refractivity contribution in [3.8, 4) is 11.8 Å². The van der Waals surface area contributed by atoms with Crippen molar-refractivity contribution >= 4 is 0 Å². The van der Waals surface area contributed by atoms with Crippen molar-refractivity contribution in [1.82, 2.24) is 9.55 Å². The number of rotatable bonds is 3. The van der Waals surface area contributed by atoms with Crippen molar-refractivity contribution in [2.45, 2.75) is 19.9 Å². The molecule has 5 heteroatoms. The van der Waals surface area contributed by atoms with Gasteiger partial charge >= 0.3 is 5.69 Å². The number of aliphatic hydroxyl groups is 1. The van der Waals surface area contributed by atoms with Gasteiger partial charge in [0.2, 0.25) is 0 Å². The second kappa shape index (κ2) is 6.73. The van der Waals surface area contributed by atoms with Gasteiger partial charge in [-0.05, 0) is 24.1 Å². The molecule has 0 unspecified atom stereocenters. The molecule has 2 aromatic rings. The van der Waals surface area contributed by atoms with E-state index >= 15 is 0 Å². The van der Waals surface area contributed by atoms with E-state index in [-0.39, 0.29) is 12.2 Å². The summed E-state index contributed by atoms with van der Waals surface area (Å²) in [5.41, 5.74) is 1.49. The van der Waals surface area contributed by atoms with E-state index in [2.05, 4.69) is 16.8 Å². The van der Waals surface area contributed by atoms with Crippen LogP contribution in [0.5, 0.6) is 0 Å². The summed E-state index contributed by atoms with van der Waals surface area (Å²) in [7, 11) is 0. The van der Waals surface area contributed by atoms with Crippen molar-refractivity contribution < 1.29 is 5.11 Å². The standard InChI is InChI=1S/C16H16N2O3/c1-2-14-11-18(16(21)17-15(14)20)10-13-6-3-5-12(9-13)7-4-8-19/h3,5-6,9,11,19H,2,8,10H2,1H3,(H,17,20,21). The van der Waals surface area contributed by atoms with Gasteiger partial charge < -0.3 is 5.11 Å². The number of aromatic amines is 1.